The molecule has 6 nitrogen and oxygen atoms in total. The van der Waals surface area contributed by atoms with E-state index in [0.717, 1.165) is 11.1 Å². The number of aryl methyl sites for hydroxylation is 1. The fraction of sp³-hybridized carbons (Fsp3) is 0.364. The molecule has 1 fully saturated rings. The third kappa shape index (κ3) is 5.41. The van der Waals surface area contributed by atoms with Crippen LogP contribution >= 0.6 is 0 Å². The number of rotatable bonds is 6. The van der Waals surface area contributed by atoms with Crippen molar-refractivity contribution in [3.63, 3.8) is 0 Å². The van der Waals surface area contributed by atoms with E-state index in [2.05, 4.69) is 10.6 Å². The van der Waals surface area contributed by atoms with Gasteiger partial charge in [-0.25, -0.2) is 0 Å². The Kier molecular flexibility index (Phi) is 6.79. The second-order valence-corrected chi connectivity index (χ2v) is 7.24. The van der Waals surface area contributed by atoms with Crippen LogP contribution in [-0.2, 0) is 11.3 Å². The number of carbonyl (C=O) groups is 2. The van der Waals surface area contributed by atoms with E-state index < -0.39 is 6.10 Å². The molecule has 0 aromatic heterocycles. The van der Waals surface area contributed by atoms with Crippen molar-refractivity contribution in [2.45, 2.75) is 32.0 Å². The maximum atomic E-state index is 12.3. The normalized spacial score (nSPS) is 19.8. The van der Waals surface area contributed by atoms with Gasteiger partial charge in [0, 0.05) is 25.2 Å². The summed E-state index contributed by atoms with van der Waals surface area (Å²) in [7, 11) is 0. The Morgan fingerprint density at radius 2 is 1.82 bits per heavy atom. The average molecular weight is 381 g/mol. The Balaban J connectivity index is 1.44. The lowest BCUT2D eigenvalue weighted by atomic mass is 10.0. The van der Waals surface area contributed by atoms with Gasteiger partial charge in [0.25, 0.3) is 5.91 Å². The van der Waals surface area contributed by atoms with Gasteiger partial charge < -0.3 is 15.7 Å². The number of amides is 2. The Morgan fingerprint density at radius 3 is 2.54 bits per heavy atom. The molecular weight excluding hydrogens is 354 g/mol. The Labute approximate surface area is 165 Å². The maximum Gasteiger partial charge on any atom is 0.251 e. The zero-order valence-electron chi connectivity index (χ0n) is 16.1. The van der Waals surface area contributed by atoms with Gasteiger partial charge in [-0.1, -0.05) is 42.5 Å². The highest BCUT2D eigenvalue weighted by atomic mass is 16.3. The highest BCUT2D eigenvalue weighted by Crippen LogP contribution is 2.12. The lowest BCUT2D eigenvalue weighted by Crippen LogP contribution is -2.55. The largest absolute Gasteiger partial charge is 0.390 e. The third-order valence-corrected chi connectivity index (χ3v) is 5.12. The number of nitrogens with zero attached hydrogens (tertiary/aromatic N) is 1. The highest BCUT2D eigenvalue weighted by molar-refractivity contribution is 5.94. The molecular formula is C22H27N3O3. The third-order valence-electron chi connectivity index (χ3n) is 5.12. The molecule has 2 aromatic rings. The van der Waals surface area contributed by atoms with Gasteiger partial charge >= 0.3 is 0 Å². The van der Waals surface area contributed by atoms with Crippen LogP contribution in [0.15, 0.2) is 54.6 Å². The lowest BCUT2D eigenvalue weighted by molar-refractivity contribution is -0.123. The quantitative estimate of drug-likeness (QED) is 0.708. The number of carbonyl (C=O) groups excluding carboxylic acids is 2. The molecule has 0 saturated carbocycles. The van der Waals surface area contributed by atoms with E-state index in [1.165, 1.54) is 0 Å². The second kappa shape index (κ2) is 9.48. The summed E-state index contributed by atoms with van der Waals surface area (Å²) in [5, 5.41) is 16.2. The Bertz CT molecular complexity index is 810. The molecule has 3 N–H and O–H groups in total. The van der Waals surface area contributed by atoms with Gasteiger partial charge in [0.15, 0.2) is 0 Å². The van der Waals surface area contributed by atoms with Crippen LogP contribution in [0.5, 0.6) is 0 Å². The second-order valence-electron chi connectivity index (χ2n) is 7.24. The molecule has 1 saturated heterocycles. The van der Waals surface area contributed by atoms with Crippen LogP contribution in [0.25, 0.3) is 0 Å². The molecule has 1 heterocycles. The molecule has 1 aliphatic rings. The van der Waals surface area contributed by atoms with Gasteiger partial charge in [-0.15, -0.1) is 0 Å². The van der Waals surface area contributed by atoms with Crippen molar-refractivity contribution in [2.75, 3.05) is 19.6 Å². The summed E-state index contributed by atoms with van der Waals surface area (Å²) in [6.07, 6.45) is -0.101. The predicted octanol–water partition coefficient (Wildman–Crippen LogP) is 1.48. The number of hydrogen-bond donors (Lipinski definition) is 3. The number of nitrogens with one attached hydrogen (secondary N) is 2. The minimum absolute atomic E-state index is 0.0674. The summed E-state index contributed by atoms with van der Waals surface area (Å²) in [5.41, 5.74) is 2.82. The number of piperidine rings is 1. The predicted molar refractivity (Wildman–Crippen MR) is 108 cm³/mol. The first kappa shape index (κ1) is 20.0. The molecule has 0 aliphatic carbocycles. The molecule has 3 rings (SSSR count). The highest BCUT2D eigenvalue weighted by Gasteiger charge is 2.29. The van der Waals surface area contributed by atoms with Crippen LogP contribution < -0.4 is 10.6 Å². The van der Waals surface area contributed by atoms with Crippen LogP contribution in [-0.4, -0.2) is 53.6 Å². The first-order valence-corrected chi connectivity index (χ1v) is 9.60. The van der Waals surface area contributed by atoms with E-state index in [0.29, 0.717) is 31.6 Å². The number of benzene rings is 2. The molecule has 2 aromatic carbocycles. The smallest absolute Gasteiger partial charge is 0.251 e. The summed E-state index contributed by atoms with van der Waals surface area (Å²) < 4.78 is 0. The van der Waals surface area contributed by atoms with E-state index in [4.69, 9.17) is 0 Å². The average Bonchev–Trinajstić information content (AvgIpc) is 2.70. The zero-order valence-corrected chi connectivity index (χ0v) is 16.1. The summed E-state index contributed by atoms with van der Waals surface area (Å²) in [6.45, 7) is 3.76. The summed E-state index contributed by atoms with van der Waals surface area (Å²) >= 11 is 0. The fourth-order valence-electron chi connectivity index (χ4n) is 3.41. The molecule has 0 unspecified atom stereocenters. The fourth-order valence-corrected chi connectivity index (χ4v) is 3.41. The number of β-amino-alcohol motifs (C(OH)–C–C–N with tert-alkyl or cyclic N) is 1. The first-order valence-electron chi connectivity index (χ1n) is 9.60. The van der Waals surface area contributed by atoms with Crippen LogP contribution in [0, 0.1) is 6.92 Å². The van der Waals surface area contributed by atoms with Crippen molar-refractivity contribution in [1.82, 2.24) is 15.5 Å². The van der Waals surface area contributed by atoms with Gasteiger partial charge in [-0.3, -0.25) is 14.5 Å². The van der Waals surface area contributed by atoms with Gasteiger partial charge in [0.05, 0.1) is 18.7 Å². The van der Waals surface area contributed by atoms with Crippen molar-refractivity contribution in [3.8, 4) is 0 Å². The van der Waals surface area contributed by atoms with Gasteiger partial charge in [0.2, 0.25) is 5.91 Å². The number of aliphatic hydroxyl groups excluding tert-OH is 1. The van der Waals surface area contributed by atoms with Crippen molar-refractivity contribution in [1.29, 1.82) is 0 Å². The van der Waals surface area contributed by atoms with Crippen LogP contribution in [0.3, 0.4) is 0 Å². The van der Waals surface area contributed by atoms with Gasteiger partial charge in [0.1, 0.15) is 0 Å². The Morgan fingerprint density at radius 1 is 1.11 bits per heavy atom. The topological polar surface area (TPSA) is 81.7 Å². The van der Waals surface area contributed by atoms with E-state index in [1.807, 2.05) is 54.3 Å². The monoisotopic (exact) mass is 381 g/mol. The maximum absolute atomic E-state index is 12.3. The standard InChI is InChI=1S/C22H27N3O3/c1-16-7-5-6-10-18(16)13-23-21(27)15-25-12-11-19(20(26)14-25)24-22(28)17-8-3-2-4-9-17/h2-10,19-20,26H,11-15H2,1H3,(H,23,27)(H,24,28)/t19-,20-/m1/s1. The zero-order chi connectivity index (χ0) is 19.9. The minimum Gasteiger partial charge on any atom is -0.390 e. The van der Waals surface area contributed by atoms with E-state index in [-0.39, 0.29) is 24.4 Å². The Hall–Kier alpha value is -2.70. The van der Waals surface area contributed by atoms with Gasteiger partial charge in [-0.2, -0.15) is 0 Å². The van der Waals surface area contributed by atoms with Crippen LogP contribution in [0.2, 0.25) is 0 Å². The molecule has 0 spiro atoms. The number of aliphatic hydroxyl groups is 1. The van der Waals surface area contributed by atoms with E-state index >= 15 is 0 Å². The molecule has 28 heavy (non-hydrogen) atoms. The number of hydrogen-bond acceptors (Lipinski definition) is 4. The van der Waals surface area contributed by atoms with Gasteiger partial charge in [-0.05, 0) is 36.6 Å². The molecule has 148 valence electrons. The van der Waals surface area contributed by atoms with Crippen molar-refractivity contribution >= 4 is 11.8 Å². The molecule has 0 radical (unpaired) electrons. The molecule has 2 amide bonds. The van der Waals surface area contributed by atoms with Crippen LogP contribution in [0.1, 0.15) is 27.9 Å². The first-order chi connectivity index (χ1) is 13.5. The number of likely N-dealkylation sites (tertiary alicyclic amines) is 1. The SMILES string of the molecule is Cc1ccccc1CNC(=O)CN1CC[C@@H](NC(=O)c2ccccc2)[C@H](O)C1. The molecule has 6 heteroatoms. The summed E-state index contributed by atoms with van der Waals surface area (Å²) in [6, 6.07) is 16.6. The van der Waals surface area contributed by atoms with E-state index in [9.17, 15) is 14.7 Å². The van der Waals surface area contributed by atoms with Crippen molar-refractivity contribution < 1.29 is 14.7 Å². The minimum atomic E-state index is -0.703. The molecule has 2 atom stereocenters. The molecule has 0 bridgehead atoms. The van der Waals surface area contributed by atoms with Crippen molar-refractivity contribution in [2.24, 2.45) is 0 Å². The summed E-state index contributed by atoms with van der Waals surface area (Å²) in [4.78, 5) is 26.4. The molecule has 1 aliphatic heterocycles. The van der Waals surface area contributed by atoms with E-state index in [1.54, 1.807) is 12.1 Å². The summed E-state index contributed by atoms with van der Waals surface area (Å²) in [5.74, 6) is -0.253. The van der Waals surface area contributed by atoms with Crippen molar-refractivity contribution in [3.05, 3.63) is 71.3 Å². The lowest BCUT2D eigenvalue weighted by Gasteiger charge is -2.35. The van der Waals surface area contributed by atoms with Crippen LogP contribution in [0.4, 0.5) is 0 Å².